The second kappa shape index (κ2) is 8.62. The third kappa shape index (κ3) is 5.16. The summed E-state index contributed by atoms with van der Waals surface area (Å²) in [4.78, 5) is 38.6. The summed E-state index contributed by atoms with van der Waals surface area (Å²) in [6.45, 7) is 3.45. The molecule has 0 aliphatic rings. The van der Waals surface area contributed by atoms with Crippen LogP contribution in [0.1, 0.15) is 33.0 Å². The number of carboxylic acids is 1. The molecule has 0 radical (unpaired) electrons. The number of carbonyl (C=O) groups excluding carboxylic acids is 2. The van der Waals surface area contributed by atoms with E-state index in [1.165, 1.54) is 4.90 Å². The van der Waals surface area contributed by atoms with E-state index < -0.39 is 12.6 Å². The first-order valence-corrected chi connectivity index (χ1v) is 8.91. The van der Waals surface area contributed by atoms with Crippen molar-refractivity contribution < 1.29 is 24.2 Å². The molecule has 0 saturated heterocycles. The van der Waals surface area contributed by atoms with Gasteiger partial charge in [-0.15, -0.1) is 11.3 Å². The molecule has 2 rings (SSSR count). The fraction of sp³-hybridized carbons (Fsp3) is 0.316. The minimum atomic E-state index is -1.05. The number of ketones is 1. The smallest absolute Gasteiger partial charge is 0.341 e. The number of thiophene rings is 1. The summed E-state index contributed by atoms with van der Waals surface area (Å²) in [5.74, 6) is -0.828. The highest BCUT2D eigenvalue weighted by Crippen LogP contribution is 2.23. The number of anilines is 1. The molecular weight excluding hydrogens is 354 g/mol. The highest BCUT2D eigenvalue weighted by molar-refractivity contribution is 7.12. The van der Waals surface area contributed by atoms with Crippen molar-refractivity contribution in [1.82, 2.24) is 0 Å². The molecular formula is C19H21NO5S. The highest BCUT2D eigenvalue weighted by atomic mass is 32.1. The average Bonchev–Trinajstić information content (AvgIpc) is 2.95. The first kappa shape index (κ1) is 19.7. The van der Waals surface area contributed by atoms with Gasteiger partial charge in [0, 0.05) is 40.9 Å². The van der Waals surface area contributed by atoms with E-state index in [2.05, 4.69) is 0 Å². The predicted molar refractivity (Wildman–Crippen MR) is 100 cm³/mol. The van der Waals surface area contributed by atoms with Gasteiger partial charge in [-0.2, -0.15) is 0 Å². The fourth-order valence-corrected chi connectivity index (χ4v) is 3.43. The molecule has 1 N–H and O–H groups in total. The van der Waals surface area contributed by atoms with Crippen LogP contribution in [-0.2, 0) is 9.59 Å². The Morgan fingerprint density at radius 3 is 2.31 bits per heavy atom. The van der Waals surface area contributed by atoms with Crippen LogP contribution in [-0.4, -0.2) is 36.4 Å². The maximum Gasteiger partial charge on any atom is 0.341 e. The van der Waals surface area contributed by atoms with Crippen LogP contribution in [0.4, 0.5) is 5.69 Å². The number of nitrogens with zero attached hydrogens (tertiary/aromatic N) is 1. The predicted octanol–water partition coefficient (Wildman–Crippen LogP) is 3.45. The SMILES string of the molecule is Cc1cc(C(=O)CCC(=O)N(C)c2ccc(OCC(=O)O)cc2)c(C)s1. The summed E-state index contributed by atoms with van der Waals surface area (Å²) in [6.07, 6.45) is 0.293. The number of aliphatic carboxylic acids is 1. The zero-order chi connectivity index (χ0) is 19.3. The number of carboxylic acid groups (broad SMARTS) is 1. The summed E-state index contributed by atoms with van der Waals surface area (Å²) >= 11 is 1.58. The van der Waals surface area contributed by atoms with Crippen molar-refractivity contribution in [3.05, 3.63) is 45.6 Å². The van der Waals surface area contributed by atoms with Gasteiger partial charge in [-0.1, -0.05) is 0 Å². The average molecular weight is 375 g/mol. The summed E-state index contributed by atoms with van der Waals surface area (Å²) < 4.78 is 5.06. The zero-order valence-corrected chi connectivity index (χ0v) is 15.8. The minimum Gasteiger partial charge on any atom is -0.482 e. The molecule has 7 heteroatoms. The molecule has 1 heterocycles. The van der Waals surface area contributed by atoms with E-state index in [9.17, 15) is 14.4 Å². The number of hydrogen-bond acceptors (Lipinski definition) is 5. The van der Waals surface area contributed by atoms with Crippen LogP contribution in [0.5, 0.6) is 5.75 Å². The first-order valence-electron chi connectivity index (χ1n) is 8.09. The molecule has 0 spiro atoms. The Morgan fingerprint density at radius 1 is 1.12 bits per heavy atom. The van der Waals surface area contributed by atoms with E-state index in [1.807, 2.05) is 19.9 Å². The molecule has 138 valence electrons. The molecule has 0 aliphatic carbocycles. The van der Waals surface area contributed by atoms with E-state index in [4.69, 9.17) is 9.84 Å². The van der Waals surface area contributed by atoms with Gasteiger partial charge in [0.1, 0.15) is 5.75 Å². The van der Waals surface area contributed by atoms with Crippen molar-refractivity contribution in [3.8, 4) is 5.75 Å². The van der Waals surface area contributed by atoms with Gasteiger partial charge in [0.15, 0.2) is 12.4 Å². The molecule has 6 nitrogen and oxygen atoms in total. The molecule has 0 saturated carbocycles. The van der Waals surface area contributed by atoms with Gasteiger partial charge in [0.05, 0.1) is 0 Å². The zero-order valence-electron chi connectivity index (χ0n) is 14.9. The van der Waals surface area contributed by atoms with E-state index in [0.717, 1.165) is 9.75 Å². The van der Waals surface area contributed by atoms with Crippen molar-refractivity contribution in [2.24, 2.45) is 0 Å². The van der Waals surface area contributed by atoms with E-state index in [0.29, 0.717) is 17.0 Å². The van der Waals surface area contributed by atoms with Crippen LogP contribution in [0.2, 0.25) is 0 Å². The van der Waals surface area contributed by atoms with Crippen LogP contribution in [0.3, 0.4) is 0 Å². The number of carbonyl (C=O) groups is 3. The molecule has 1 aromatic heterocycles. The third-order valence-electron chi connectivity index (χ3n) is 3.87. The normalized spacial score (nSPS) is 10.4. The van der Waals surface area contributed by atoms with Crippen LogP contribution in [0, 0.1) is 13.8 Å². The Morgan fingerprint density at radius 2 is 1.77 bits per heavy atom. The lowest BCUT2D eigenvalue weighted by Gasteiger charge is -2.17. The van der Waals surface area contributed by atoms with Crippen LogP contribution in [0.25, 0.3) is 0 Å². The molecule has 26 heavy (non-hydrogen) atoms. The summed E-state index contributed by atoms with van der Waals surface area (Å²) in [5, 5.41) is 8.59. The first-order chi connectivity index (χ1) is 12.3. The lowest BCUT2D eigenvalue weighted by atomic mass is 10.1. The minimum absolute atomic E-state index is 0.0222. The van der Waals surface area contributed by atoms with Crippen LogP contribution >= 0.6 is 11.3 Å². The van der Waals surface area contributed by atoms with Gasteiger partial charge in [0.2, 0.25) is 5.91 Å². The van der Waals surface area contributed by atoms with E-state index in [-0.39, 0.29) is 24.5 Å². The van der Waals surface area contributed by atoms with Gasteiger partial charge < -0.3 is 14.7 Å². The second-order valence-corrected chi connectivity index (χ2v) is 7.34. The van der Waals surface area contributed by atoms with Crippen molar-refractivity contribution in [2.45, 2.75) is 26.7 Å². The van der Waals surface area contributed by atoms with Gasteiger partial charge >= 0.3 is 5.97 Å². The number of amides is 1. The fourth-order valence-electron chi connectivity index (χ4n) is 2.49. The monoisotopic (exact) mass is 375 g/mol. The molecule has 1 amide bonds. The quantitative estimate of drug-likeness (QED) is 0.715. The lowest BCUT2D eigenvalue weighted by molar-refractivity contribution is -0.139. The van der Waals surface area contributed by atoms with Gasteiger partial charge in [-0.25, -0.2) is 4.79 Å². The maximum absolute atomic E-state index is 12.3. The Balaban J connectivity index is 1.91. The number of aryl methyl sites for hydroxylation is 2. The summed E-state index contributed by atoms with van der Waals surface area (Å²) in [7, 11) is 1.64. The molecule has 0 fully saturated rings. The molecule has 1 aromatic carbocycles. The molecule has 0 bridgehead atoms. The summed E-state index contributed by atoms with van der Waals surface area (Å²) in [5.41, 5.74) is 1.34. The molecule has 2 aromatic rings. The maximum atomic E-state index is 12.3. The Hall–Kier alpha value is -2.67. The lowest BCUT2D eigenvalue weighted by Crippen LogP contribution is -2.26. The van der Waals surface area contributed by atoms with E-state index >= 15 is 0 Å². The van der Waals surface area contributed by atoms with Gasteiger partial charge in [-0.05, 0) is 44.2 Å². The van der Waals surface area contributed by atoms with Crippen molar-refractivity contribution in [2.75, 3.05) is 18.6 Å². The largest absolute Gasteiger partial charge is 0.482 e. The summed E-state index contributed by atoms with van der Waals surface area (Å²) in [6, 6.07) is 8.41. The molecule has 0 aliphatic heterocycles. The van der Waals surface area contributed by atoms with Gasteiger partial charge in [0.25, 0.3) is 0 Å². The van der Waals surface area contributed by atoms with Crippen molar-refractivity contribution >= 4 is 34.7 Å². The topological polar surface area (TPSA) is 83.9 Å². The number of Topliss-reactive ketones (excluding diaryl/α,β-unsaturated/α-hetero) is 1. The number of rotatable bonds is 8. The second-order valence-electron chi connectivity index (χ2n) is 5.88. The number of ether oxygens (including phenoxy) is 1. The highest BCUT2D eigenvalue weighted by Gasteiger charge is 2.16. The Labute approximate surface area is 156 Å². The molecule has 0 unspecified atom stereocenters. The molecule has 0 atom stereocenters. The Bertz CT molecular complexity index is 810. The Kier molecular flexibility index (Phi) is 6.52. The van der Waals surface area contributed by atoms with Crippen LogP contribution in [0.15, 0.2) is 30.3 Å². The third-order valence-corrected chi connectivity index (χ3v) is 4.83. The van der Waals surface area contributed by atoms with Crippen molar-refractivity contribution in [1.29, 1.82) is 0 Å². The van der Waals surface area contributed by atoms with Crippen LogP contribution < -0.4 is 9.64 Å². The number of benzene rings is 1. The van der Waals surface area contributed by atoms with Gasteiger partial charge in [-0.3, -0.25) is 9.59 Å². The van der Waals surface area contributed by atoms with Crippen molar-refractivity contribution in [3.63, 3.8) is 0 Å². The number of hydrogen-bond donors (Lipinski definition) is 1. The van der Waals surface area contributed by atoms with E-state index in [1.54, 1.807) is 42.6 Å². The standard InChI is InChI=1S/C19H21NO5S/c1-12-10-16(13(2)26-12)17(21)8-9-18(22)20(3)14-4-6-15(7-5-14)25-11-19(23)24/h4-7,10H,8-9,11H2,1-3H3,(H,23,24).